The summed E-state index contributed by atoms with van der Waals surface area (Å²) in [5.74, 6) is -0.156. The zero-order chi connectivity index (χ0) is 14.7. The molecule has 1 aliphatic heterocycles. The largest absolute Gasteiger partial charge is 0.381 e. The molecule has 2 aromatic rings. The first-order chi connectivity index (χ1) is 10.3. The van der Waals surface area contributed by atoms with E-state index in [-0.39, 0.29) is 11.9 Å². The van der Waals surface area contributed by atoms with Crippen molar-refractivity contribution in [3.63, 3.8) is 0 Å². The van der Waals surface area contributed by atoms with Crippen molar-refractivity contribution in [3.8, 4) is 0 Å². The summed E-state index contributed by atoms with van der Waals surface area (Å²) >= 11 is 1.64. The second kappa shape index (κ2) is 6.83. The Bertz CT molecular complexity index is 608. The van der Waals surface area contributed by atoms with Crippen LogP contribution in [0.5, 0.6) is 0 Å². The molecule has 0 atom stereocenters. The predicted molar refractivity (Wildman–Crippen MR) is 83.2 cm³/mol. The highest BCUT2D eigenvalue weighted by atomic mass is 32.1. The first-order valence-corrected chi connectivity index (χ1v) is 8.14. The van der Waals surface area contributed by atoms with Crippen LogP contribution in [0.3, 0.4) is 0 Å². The summed E-state index contributed by atoms with van der Waals surface area (Å²) in [4.78, 5) is 1.16. The van der Waals surface area contributed by atoms with Crippen LogP contribution >= 0.6 is 11.3 Å². The van der Waals surface area contributed by atoms with Crippen molar-refractivity contribution in [2.24, 2.45) is 0 Å². The summed E-state index contributed by atoms with van der Waals surface area (Å²) in [5, 5.41) is 3.88. The Labute approximate surface area is 128 Å². The van der Waals surface area contributed by atoms with Crippen LogP contribution in [0.25, 0.3) is 10.1 Å². The summed E-state index contributed by atoms with van der Waals surface area (Å²) in [6, 6.07) is 5.26. The Morgan fingerprint density at radius 1 is 1.38 bits per heavy atom. The molecule has 3 rings (SSSR count). The van der Waals surface area contributed by atoms with E-state index in [2.05, 4.69) is 5.32 Å². The molecule has 0 unspecified atom stereocenters. The molecule has 0 saturated carbocycles. The fourth-order valence-electron chi connectivity index (χ4n) is 2.72. The monoisotopic (exact) mass is 309 g/mol. The van der Waals surface area contributed by atoms with Gasteiger partial charge in [-0.15, -0.1) is 11.3 Å². The second-order valence-electron chi connectivity index (χ2n) is 5.27. The average molecular weight is 309 g/mol. The van der Waals surface area contributed by atoms with E-state index in [1.165, 1.54) is 6.07 Å². The minimum Gasteiger partial charge on any atom is -0.381 e. The Hall–Kier alpha value is -1.01. The summed E-state index contributed by atoms with van der Waals surface area (Å²) in [6.45, 7) is 2.73. The van der Waals surface area contributed by atoms with E-state index in [1.807, 2.05) is 13.1 Å². The average Bonchev–Trinajstić information content (AvgIpc) is 2.85. The van der Waals surface area contributed by atoms with E-state index in [9.17, 15) is 4.39 Å². The summed E-state index contributed by atoms with van der Waals surface area (Å²) < 4.78 is 26.5. The summed E-state index contributed by atoms with van der Waals surface area (Å²) in [5.41, 5.74) is 0.994. The van der Waals surface area contributed by atoms with Crippen molar-refractivity contribution in [2.75, 3.05) is 20.3 Å². The van der Waals surface area contributed by atoms with Gasteiger partial charge in [-0.25, -0.2) is 4.39 Å². The summed E-state index contributed by atoms with van der Waals surface area (Å²) in [7, 11) is 1.91. The number of halogens is 1. The van der Waals surface area contributed by atoms with Gasteiger partial charge in [-0.3, -0.25) is 0 Å². The first-order valence-electron chi connectivity index (χ1n) is 7.32. The smallest absolute Gasteiger partial charge is 0.132 e. The molecular weight excluding hydrogens is 289 g/mol. The number of fused-ring (bicyclic) bond motifs is 1. The van der Waals surface area contributed by atoms with E-state index < -0.39 is 0 Å². The van der Waals surface area contributed by atoms with Gasteiger partial charge in [-0.2, -0.15) is 0 Å². The molecule has 1 saturated heterocycles. The van der Waals surface area contributed by atoms with Gasteiger partial charge in [-0.1, -0.05) is 6.07 Å². The van der Waals surface area contributed by atoms with Crippen molar-refractivity contribution in [3.05, 3.63) is 34.5 Å². The van der Waals surface area contributed by atoms with E-state index in [0.29, 0.717) is 6.61 Å². The highest BCUT2D eigenvalue weighted by Gasteiger charge is 2.19. The van der Waals surface area contributed by atoms with Crippen LogP contribution in [0, 0.1) is 5.82 Å². The lowest BCUT2D eigenvalue weighted by atomic mass is 10.1. The van der Waals surface area contributed by atoms with Gasteiger partial charge >= 0.3 is 0 Å². The molecule has 0 radical (unpaired) electrons. The molecule has 1 aromatic carbocycles. The van der Waals surface area contributed by atoms with Crippen molar-refractivity contribution >= 4 is 21.4 Å². The fourth-order valence-corrected chi connectivity index (χ4v) is 3.95. The molecular formula is C16H20FNO2S. The van der Waals surface area contributed by atoms with Gasteiger partial charge < -0.3 is 14.8 Å². The molecule has 0 bridgehead atoms. The molecule has 0 aliphatic carbocycles. The highest BCUT2D eigenvalue weighted by Crippen LogP contribution is 2.34. The molecule has 1 aromatic heterocycles. The van der Waals surface area contributed by atoms with Crippen LogP contribution in [-0.4, -0.2) is 26.4 Å². The minimum absolute atomic E-state index is 0.156. The van der Waals surface area contributed by atoms with Gasteiger partial charge in [0.1, 0.15) is 5.82 Å². The lowest BCUT2D eigenvalue weighted by molar-refractivity contribution is -0.0388. The summed E-state index contributed by atoms with van der Waals surface area (Å²) in [6.07, 6.45) is 2.07. The van der Waals surface area contributed by atoms with Crippen molar-refractivity contribution in [1.82, 2.24) is 5.32 Å². The number of hydrogen-bond donors (Lipinski definition) is 1. The van der Waals surface area contributed by atoms with Gasteiger partial charge in [0.15, 0.2) is 0 Å². The van der Waals surface area contributed by atoms with Crippen molar-refractivity contribution in [2.45, 2.75) is 32.1 Å². The van der Waals surface area contributed by atoms with E-state index >= 15 is 0 Å². The Morgan fingerprint density at radius 3 is 2.95 bits per heavy atom. The topological polar surface area (TPSA) is 30.5 Å². The Balaban J connectivity index is 1.85. The van der Waals surface area contributed by atoms with Gasteiger partial charge in [0.05, 0.1) is 12.7 Å². The molecule has 1 fully saturated rings. The molecule has 114 valence electrons. The number of thiophene rings is 1. The minimum atomic E-state index is -0.156. The lowest BCUT2D eigenvalue weighted by Crippen LogP contribution is -2.23. The van der Waals surface area contributed by atoms with Gasteiger partial charge in [0, 0.05) is 40.3 Å². The molecule has 5 heteroatoms. The third-order valence-electron chi connectivity index (χ3n) is 3.82. The van der Waals surface area contributed by atoms with Gasteiger partial charge in [-0.05, 0) is 32.0 Å². The SMILES string of the molecule is CNCc1sc2cccc(F)c2c1COC1CCOCC1. The van der Waals surface area contributed by atoms with Gasteiger partial charge in [0.25, 0.3) is 0 Å². The third-order valence-corrected chi connectivity index (χ3v) is 5.01. The van der Waals surface area contributed by atoms with Crippen LogP contribution in [0.4, 0.5) is 4.39 Å². The van der Waals surface area contributed by atoms with Crippen molar-refractivity contribution in [1.29, 1.82) is 0 Å². The van der Waals surface area contributed by atoms with E-state index in [4.69, 9.17) is 9.47 Å². The number of rotatable bonds is 5. The maximum atomic E-state index is 14.2. The first kappa shape index (κ1) is 14.9. The molecule has 3 nitrogen and oxygen atoms in total. The van der Waals surface area contributed by atoms with Crippen LogP contribution in [0.2, 0.25) is 0 Å². The highest BCUT2D eigenvalue weighted by molar-refractivity contribution is 7.19. The second-order valence-corrected chi connectivity index (χ2v) is 6.41. The number of hydrogen-bond acceptors (Lipinski definition) is 4. The van der Waals surface area contributed by atoms with Crippen LogP contribution in [-0.2, 0) is 22.6 Å². The Kier molecular flexibility index (Phi) is 4.85. The Morgan fingerprint density at radius 2 is 2.19 bits per heavy atom. The molecule has 1 aliphatic rings. The van der Waals surface area contributed by atoms with E-state index in [0.717, 1.165) is 53.1 Å². The predicted octanol–water partition coefficient (Wildman–Crippen LogP) is 3.46. The quantitative estimate of drug-likeness (QED) is 0.917. The van der Waals surface area contributed by atoms with Crippen LogP contribution in [0.1, 0.15) is 23.3 Å². The zero-order valence-corrected chi connectivity index (χ0v) is 13.0. The number of ether oxygens (including phenoxy) is 2. The fraction of sp³-hybridized carbons (Fsp3) is 0.500. The lowest BCUT2D eigenvalue weighted by Gasteiger charge is -2.22. The standard InChI is InChI=1S/C16H20FNO2S/c1-18-9-15-12(10-20-11-5-7-19-8-6-11)16-13(17)3-2-4-14(16)21-15/h2-4,11,18H,5-10H2,1H3. The van der Waals surface area contributed by atoms with Crippen LogP contribution in [0.15, 0.2) is 18.2 Å². The molecule has 1 N–H and O–H groups in total. The zero-order valence-electron chi connectivity index (χ0n) is 12.2. The normalized spacial score (nSPS) is 16.7. The number of nitrogens with one attached hydrogen (secondary N) is 1. The molecule has 2 heterocycles. The van der Waals surface area contributed by atoms with Crippen molar-refractivity contribution < 1.29 is 13.9 Å². The van der Waals surface area contributed by atoms with Crippen LogP contribution < -0.4 is 5.32 Å². The molecule has 0 spiro atoms. The van der Waals surface area contributed by atoms with E-state index in [1.54, 1.807) is 17.4 Å². The molecule has 21 heavy (non-hydrogen) atoms. The molecule has 0 amide bonds. The maximum Gasteiger partial charge on any atom is 0.132 e. The third kappa shape index (κ3) is 3.26. The number of benzene rings is 1. The maximum absolute atomic E-state index is 14.2. The van der Waals surface area contributed by atoms with Gasteiger partial charge in [0.2, 0.25) is 0 Å².